The predicted molar refractivity (Wildman–Crippen MR) is 89.7 cm³/mol. The maximum Gasteiger partial charge on any atom is 0.289 e. The average Bonchev–Trinajstić information content (AvgIpc) is 2.91. The van der Waals surface area contributed by atoms with Crippen LogP contribution in [-0.2, 0) is 0 Å². The summed E-state index contributed by atoms with van der Waals surface area (Å²) in [7, 11) is 1.76. The molecule has 0 bridgehead atoms. The largest absolute Gasteiger partial charge is 0.348 e. The van der Waals surface area contributed by atoms with Crippen LogP contribution in [0.1, 0.15) is 54.7 Å². The molecule has 23 heavy (non-hydrogen) atoms. The molecule has 0 aliphatic carbocycles. The van der Waals surface area contributed by atoms with Crippen LogP contribution >= 0.6 is 0 Å². The highest BCUT2D eigenvalue weighted by Gasteiger charge is 2.23. The number of carbonyl (C=O) groups is 2. The Morgan fingerprint density at radius 1 is 1.35 bits per heavy atom. The van der Waals surface area contributed by atoms with Gasteiger partial charge in [-0.25, -0.2) is 4.98 Å². The van der Waals surface area contributed by atoms with Crippen LogP contribution < -0.4 is 5.32 Å². The van der Waals surface area contributed by atoms with Gasteiger partial charge in [0.05, 0.1) is 5.52 Å². The molecule has 124 valence electrons. The standard InChI is InChI=1S/C17H24N4O2/c1-5-6-10-20(4)17(23)15-19-14(16(22)18-12(2)3)13-9-7-8-11-21(13)15/h7-9,11-12H,5-6,10H2,1-4H3,(H,18,22). The molecule has 2 amide bonds. The van der Waals surface area contributed by atoms with Gasteiger partial charge in [-0.15, -0.1) is 0 Å². The number of nitrogens with one attached hydrogen (secondary N) is 1. The molecular formula is C17H24N4O2. The minimum absolute atomic E-state index is 0.00865. The van der Waals surface area contributed by atoms with Crippen molar-refractivity contribution in [1.29, 1.82) is 0 Å². The first-order valence-corrected chi connectivity index (χ1v) is 7.99. The van der Waals surface area contributed by atoms with Crippen molar-refractivity contribution in [3.63, 3.8) is 0 Å². The fourth-order valence-electron chi connectivity index (χ4n) is 2.35. The number of aromatic nitrogens is 2. The summed E-state index contributed by atoms with van der Waals surface area (Å²) in [4.78, 5) is 30.9. The minimum Gasteiger partial charge on any atom is -0.348 e. The third-order valence-electron chi connectivity index (χ3n) is 3.57. The lowest BCUT2D eigenvalue weighted by atomic mass is 10.3. The van der Waals surface area contributed by atoms with Gasteiger partial charge in [0.15, 0.2) is 5.69 Å². The van der Waals surface area contributed by atoms with Crippen LogP contribution in [0.3, 0.4) is 0 Å². The van der Waals surface area contributed by atoms with Gasteiger partial charge in [-0.3, -0.25) is 14.0 Å². The number of pyridine rings is 1. The van der Waals surface area contributed by atoms with Crippen molar-refractivity contribution in [2.45, 2.75) is 39.7 Å². The summed E-state index contributed by atoms with van der Waals surface area (Å²) in [5.74, 6) is -0.171. The number of imidazole rings is 1. The Bertz CT molecular complexity index is 706. The van der Waals surface area contributed by atoms with Crippen molar-refractivity contribution in [2.75, 3.05) is 13.6 Å². The zero-order chi connectivity index (χ0) is 17.0. The molecule has 0 aromatic carbocycles. The van der Waals surface area contributed by atoms with Gasteiger partial charge in [-0.2, -0.15) is 0 Å². The molecule has 0 radical (unpaired) electrons. The van der Waals surface area contributed by atoms with E-state index in [1.807, 2.05) is 26.0 Å². The Kier molecular flexibility index (Phi) is 5.36. The van der Waals surface area contributed by atoms with Crippen LogP contribution in [0.2, 0.25) is 0 Å². The van der Waals surface area contributed by atoms with Gasteiger partial charge in [0.25, 0.3) is 11.8 Å². The van der Waals surface area contributed by atoms with Crippen LogP contribution in [0.4, 0.5) is 0 Å². The van der Waals surface area contributed by atoms with Crippen LogP contribution in [-0.4, -0.2) is 45.7 Å². The van der Waals surface area contributed by atoms with Crippen LogP contribution in [0.15, 0.2) is 24.4 Å². The number of hydrogen-bond acceptors (Lipinski definition) is 3. The summed E-state index contributed by atoms with van der Waals surface area (Å²) in [5.41, 5.74) is 0.921. The van der Waals surface area contributed by atoms with Gasteiger partial charge >= 0.3 is 0 Å². The van der Waals surface area contributed by atoms with E-state index in [0.29, 0.717) is 12.1 Å². The van der Waals surface area contributed by atoms with Gasteiger partial charge in [-0.1, -0.05) is 19.4 Å². The summed E-state index contributed by atoms with van der Waals surface area (Å²) < 4.78 is 1.68. The van der Waals surface area contributed by atoms with E-state index in [0.717, 1.165) is 12.8 Å². The highest BCUT2D eigenvalue weighted by atomic mass is 16.2. The second-order valence-electron chi connectivity index (χ2n) is 5.95. The Morgan fingerprint density at radius 2 is 2.09 bits per heavy atom. The molecule has 0 aliphatic rings. The number of rotatable bonds is 6. The second kappa shape index (κ2) is 7.26. The first kappa shape index (κ1) is 17.0. The van der Waals surface area contributed by atoms with E-state index in [9.17, 15) is 9.59 Å². The summed E-state index contributed by atoms with van der Waals surface area (Å²) in [5, 5.41) is 2.83. The van der Waals surface area contributed by atoms with E-state index in [1.165, 1.54) is 0 Å². The first-order valence-electron chi connectivity index (χ1n) is 7.99. The SMILES string of the molecule is CCCCN(C)C(=O)c1nc(C(=O)NC(C)C)c2ccccn12. The van der Waals surface area contributed by atoms with Crippen LogP contribution in [0.25, 0.3) is 5.52 Å². The molecule has 2 aromatic rings. The molecule has 0 atom stereocenters. The molecule has 0 fully saturated rings. The third-order valence-corrected chi connectivity index (χ3v) is 3.57. The van der Waals surface area contributed by atoms with Crippen LogP contribution in [0, 0.1) is 0 Å². The minimum atomic E-state index is -0.265. The van der Waals surface area contributed by atoms with E-state index in [1.54, 1.807) is 28.6 Å². The van der Waals surface area contributed by atoms with Gasteiger partial charge in [-0.05, 0) is 32.4 Å². The Labute approximate surface area is 136 Å². The molecular weight excluding hydrogens is 292 g/mol. The Balaban J connectivity index is 2.41. The summed E-state index contributed by atoms with van der Waals surface area (Å²) in [6.45, 7) is 6.53. The molecule has 2 rings (SSSR count). The molecule has 0 saturated carbocycles. The molecule has 2 heterocycles. The monoisotopic (exact) mass is 316 g/mol. The second-order valence-corrected chi connectivity index (χ2v) is 5.95. The molecule has 2 aromatic heterocycles. The molecule has 0 spiro atoms. The zero-order valence-corrected chi connectivity index (χ0v) is 14.2. The Hall–Kier alpha value is -2.37. The average molecular weight is 316 g/mol. The van der Waals surface area contributed by atoms with Crippen molar-refractivity contribution < 1.29 is 9.59 Å². The summed E-state index contributed by atoms with van der Waals surface area (Å²) in [6.07, 6.45) is 3.71. The molecule has 6 nitrogen and oxygen atoms in total. The van der Waals surface area contributed by atoms with Crippen molar-refractivity contribution in [3.05, 3.63) is 35.9 Å². The van der Waals surface area contributed by atoms with Gasteiger partial charge in [0.2, 0.25) is 5.82 Å². The van der Waals surface area contributed by atoms with Crippen molar-refractivity contribution in [2.24, 2.45) is 0 Å². The van der Waals surface area contributed by atoms with Gasteiger partial charge < -0.3 is 10.2 Å². The zero-order valence-electron chi connectivity index (χ0n) is 14.2. The molecule has 0 aliphatic heterocycles. The van der Waals surface area contributed by atoms with E-state index in [4.69, 9.17) is 0 Å². The number of fused-ring (bicyclic) bond motifs is 1. The van der Waals surface area contributed by atoms with Gasteiger partial charge in [0, 0.05) is 25.8 Å². The summed E-state index contributed by atoms with van der Waals surface area (Å²) >= 11 is 0. The number of carbonyl (C=O) groups excluding carboxylic acids is 2. The lowest BCUT2D eigenvalue weighted by molar-refractivity contribution is 0.0780. The van der Waals surface area contributed by atoms with E-state index in [-0.39, 0.29) is 29.4 Å². The lowest BCUT2D eigenvalue weighted by Gasteiger charge is -2.15. The first-order chi connectivity index (χ1) is 11.0. The van der Waals surface area contributed by atoms with Gasteiger partial charge in [0.1, 0.15) is 0 Å². The fraction of sp³-hybridized carbons (Fsp3) is 0.471. The molecule has 1 N–H and O–H groups in total. The molecule has 0 saturated heterocycles. The highest BCUT2D eigenvalue weighted by Crippen LogP contribution is 2.15. The van der Waals surface area contributed by atoms with Crippen molar-refractivity contribution in [1.82, 2.24) is 19.6 Å². The predicted octanol–water partition coefficient (Wildman–Crippen LogP) is 2.34. The summed E-state index contributed by atoms with van der Waals surface area (Å²) in [6, 6.07) is 5.46. The topological polar surface area (TPSA) is 66.7 Å². The van der Waals surface area contributed by atoms with Crippen molar-refractivity contribution >= 4 is 17.3 Å². The highest BCUT2D eigenvalue weighted by molar-refractivity contribution is 6.02. The number of unbranched alkanes of at least 4 members (excludes halogenated alkanes) is 1. The quantitative estimate of drug-likeness (QED) is 0.889. The van der Waals surface area contributed by atoms with E-state index >= 15 is 0 Å². The number of nitrogens with zero attached hydrogens (tertiary/aromatic N) is 3. The maximum absolute atomic E-state index is 12.6. The van der Waals surface area contributed by atoms with Crippen LogP contribution in [0.5, 0.6) is 0 Å². The number of amides is 2. The smallest absolute Gasteiger partial charge is 0.289 e. The third kappa shape index (κ3) is 3.70. The van der Waals surface area contributed by atoms with E-state index in [2.05, 4.69) is 17.2 Å². The number of hydrogen-bond donors (Lipinski definition) is 1. The van der Waals surface area contributed by atoms with Crippen molar-refractivity contribution in [3.8, 4) is 0 Å². The normalized spacial score (nSPS) is 11.0. The fourth-order valence-corrected chi connectivity index (χ4v) is 2.35. The molecule has 6 heteroatoms. The lowest BCUT2D eigenvalue weighted by Crippen LogP contribution is -2.31. The maximum atomic E-state index is 12.6. The molecule has 0 unspecified atom stereocenters. The van der Waals surface area contributed by atoms with E-state index < -0.39 is 0 Å². The Morgan fingerprint density at radius 3 is 2.74 bits per heavy atom.